The van der Waals surface area contributed by atoms with Gasteiger partial charge in [-0.1, -0.05) is 6.92 Å². The number of fused-ring (bicyclic) bond motifs is 1. The maximum atomic E-state index is 12.8. The van der Waals surface area contributed by atoms with Crippen LogP contribution in [0.5, 0.6) is 5.75 Å². The Morgan fingerprint density at radius 3 is 2.58 bits per heavy atom. The molecule has 26 heavy (non-hydrogen) atoms. The molecule has 1 atom stereocenters. The summed E-state index contributed by atoms with van der Waals surface area (Å²) < 4.78 is 52.4. The van der Waals surface area contributed by atoms with E-state index in [9.17, 15) is 22.5 Å². The zero-order valence-corrected chi connectivity index (χ0v) is 14.6. The van der Waals surface area contributed by atoms with E-state index in [-0.39, 0.29) is 16.7 Å². The summed E-state index contributed by atoms with van der Waals surface area (Å²) in [6, 6.07) is 5.24. The normalized spacial score (nSPS) is 12.8. The van der Waals surface area contributed by atoms with Gasteiger partial charge in [0.25, 0.3) is 0 Å². The van der Waals surface area contributed by atoms with Gasteiger partial charge in [-0.25, -0.2) is 9.97 Å². The van der Waals surface area contributed by atoms with Gasteiger partial charge in [-0.05, 0) is 24.3 Å². The highest BCUT2D eigenvalue weighted by molar-refractivity contribution is 7.85. The van der Waals surface area contributed by atoms with E-state index in [0.29, 0.717) is 27.6 Å². The fourth-order valence-corrected chi connectivity index (χ4v) is 3.49. The molecule has 0 bridgehead atoms. The van der Waals surface area contributed by atoms with E-state index in [2.05, 4.69) is 9.97 Å². The summed E-state index contributed by atoms with van der Waals surface area (Å²) in [5.74, 6) is 0.647. The van der Waals surface area contributed by atoms with Gasteiger partial charge < -0.3 is 15.1 Å². The quantitative estimate of drug-likeness (QED) is 0.747. The number of aryl methyl sites for hydroxylation is 1. The van der Waals surface area contributed by atoms with Crippen LogP contribution in [0.2, 0.25) is 0 Å². The van der Waals surface area contributed by atoms with Gasteiger partial charge in [-0.3, -0.25) is 4.21 Å². The minimum absolute atomic E-state index is 0. The van der Waals surface area contributed by atoms with Crippen molar-refractivity contribution in [2.45, 2.75) is 18.0 Å². The number of rotatable bonds is 3. The van der Waals surface area contributed by atoms with Gasteiger partial charge in [-0.15, -0.1) is 0 Å². The molecule has 2 heterocycles. The summed E-state index contributed by atoms with van der Waals surface area (Å²) in [4.78, 5) is 8.10. The molecule has 0 aliphatic rings. The molecule has 0 radical (unpaired) electrons. The molecule has 2 aromatic heterocycles. The summed E-state index contributed by atoms with van der Waals surface area (Å²) in [5.41, 5.74) is 0.0309. The lowest BCUT2D eigenvalue weighted by atomic mass is 10.2. The van der Waals surface area contributed by atoms with E-state index in [1.807, 2.05) is 0 Å². The highest BCUT2D eigenvalue weighted by atomic mass is 32.2. The minimum atomic E-state index is -4.56. The molecule has 0 spiro atoms. The Kier molecular flexibility index (Phi) is 5.38. The van der Waals surface area contributed by atoms with Crippen molar-refractivity contribution in [2.24, 2.45) is 7.05 Å². The number of benzene rings is 1. The third kappa shape index (κ3) is 3.42. The molecule has 0 saturated heterocycles. The maximum Gasteiger partial charge on any atom is 0.433 e. The molecule has 140 valence electrons. The number of aromatic nitrogens is 3. The number of phenolic OH excluding ortho intramolecular Hbond substituents is 1. The lowest BCUT2D eigenvalue weighted by Crippen LogP contribution is -2.07. The number of imidazole rings is 1. The number of aromatic hydroxyl groups is 1. The predicted octanol–water partition coefficient (Wildman–Crippen LogP) is 2.66. The zero-order valence-electron chi connectivity index (χ0n) is 13.8. The van der Waals surface area contributed by atoms with Crippen LogP contribution in [0.1, 0.15) is 12.6 Å². The first kappa shape index (κ1) is 19.9. The Hall–Kier alpha value is -2.46. The molecular weight excluding hydrogens is 371 g/mol. The average Bonchev–Trinajstić information content (AvgIpc) is 2.89. The molecule has 0 saturated carbocycles. The molecule has 0 amide bonds. The second-order valence-electron chi connectivity index (χ2n) is 5.37. The van der Waals surface area contributed by atoms with Crippen LogP contribution < -0.4 is 0 Å². The third-order valence-electron chi connectivity index (χ3n) is 3.77. The van der Waals surface area contributed by atoms with E-state index < -0.39 is 22.7 Å². The number of hydrogen-bond donors (Lipinski definition) is 1. The van der Waals surface area contributed by atoms with E-state index >= 15 is 0 Å². The number of alkyl halides is 3. The van der Waals surface area contributed by atoms with Gasteiger partial charge in [0.1, 0.15) is 17.3 Å². The van der Waals surface area contributed by atoms with Gasteiger partial charge in [0.15, 0.2) is 0 Å². The van der Waals surface area contributed by atoms with Gasteiger partial charge in [0, 0.05) is 18.4 Å². The van der Waals surface area contributed by atoms with Crippen molar-refractivity contribution in [2.75, 3.05) is 5.75 Å². The van der Waals surface area contributed by atoms with E-state index in [1.165, 1.54) is 12.1 Å². The van der Waals surface area contributed by atoms with Crippen LogP contribution >= 0.6 is 0 Å². The summed E-state index contributed by atoms with van der Waals surface area (Å²) in [7, 11) is 0.274. The first-order valence-corrected chi connectivity index (χ1v) is 8.65. The van der Waals surface area contributed by atoms with Crippen molar-refractivity contribution in [1.29, 1.82) is 0 Å². The molecule has 3 N–H and O–H groups in total. The molecule has 1 unspecified atom stereocenters. The third-order valence-corrected chi connectivity index (χ3v) is 5.12. The Bertz CT molecular complexity index is 986. The Morgan fingerprint density at radius 2 is 1.96 bits per heavy atom. The zero-order chi connectivity index (χ0) is 18.4. The average molecular weight is 387 g/mol. The standard InChI is InChI=1S/C16H14F3N3O2S.H2O/c1-3-25(24)13-6-9(23)4-5-10(13)15-21-11-7-14(16(17,18)19)20-8-12(11)22(15)2;/h4-8,23H,3H2,1-2H3;1H2. The number of nitrogens with zero attached hydrogens (tertiary/aromatic N) is 3. The van der Waals surface area contributed by atoms with Crippen LogP contribution in [0.15, 0.2) is 35.4 Å². The summed E-state index contributed by atoms with van der Waals surface area (Å²) >= 11 is 0. The van der Waals surface area contributed by atoms with Crippen LogP contribution in [0.4, 0.5) is 13.2 Å². The van der Waals surface area contributed by atoms with Crippen molar-refractivity contribution in [3.63, 3.8) is 0 Å². The van der Waals surface area contributed by atoms with Gasteiger partial charge >= 0.3 is 6.18 Å². The highest BCUT2D eigenvalue weighted by Crippen LogP contribution is 2.33. The molecule has 0 fully saturated rings. The largest absolute Gasteiger partial charge is 0.508 e. The fourth-order valence-electron chi connectivity index (χ4n) is 2.52. The van der Waals surface area contributed by atoms with Crippen LogP contribution in [-0.2, 0) is 24.0 Å². The van der Waals surface area contributed by atoms with Gasteiger partial charge in [0.2, 0.25) is 0 Å². The Morgan fingerprint density at radius 1 is 1.27 bits per heavy atom. The minimum Gasteiger partial charge on any atom is -0.508 e. The molecule has 1 aromatic carbocycles. The van der Waals surface area contributed by atoms with Gasteiger partial charge in [0.05, 0.1) is 32.9 Å². The second kappa shape index (κ2) is 7.04. The molecule has 0 aliphatic heterocycles. The van der Waals surface area contributed by atoms with Crippen LogP contribution in [0.3, 0.4) is 0 Å². The fraction of sp³-hybridized carbons (Fsp3) is 0.250. The van der Waals surface area contributed by atoms with Crippen LogP contribution in [0.25, 0.3) is 22.4 Å². The lowest BCUT2D eigenvalue weighted by Gasteiger charge is -2.09. The van der Waals surface area contributed by atoms with Crippen LogP contribution in [-0.4, -0.2) is 35.1 Å². The summed E-state index contributed by atoms with van der Waals surface area (Å²) in [6.07, 6.45) is -3.44. The SMILES string of the molecule is CCS(=O)c1cc(O)ccc1-c1nc2cc(C(F)(F)F)ncc2n1C.O. The molecule has 3 rings (SSSR count). The predicted molar refractivity (Wildman–Crippen MR) is 91.2 cm³/mol. The summed E-state index contributed by atoms with van der Waals surface area (Å²) in [5, 5.41) is 9.67. The van der Waals surface area contributed by atoms with Crippen molar-refractivity contribution < 1.29 is 28.0 Å². The second-order valence-corrected chi connectivity index (χ2v) is 7.07. The molecule has 6 nitrogen and oxygen atoms in total. The van der Waals surface area contributed by atoms with E-state index in [0.717, 1.165) is 12.3 Å². The number of halogens is 3. The number of pyridine rings is 1. The summed E-state index contributed by atoms with van der Waals surface area (Å²) in [6.45, 7) is 1.73. The molecule has 0 aliphatic carbocycles. The number of hydrogen-bond acceptors (Lipinski definition) is 4. The molecule has 3 aromatic rings. The Balaban J connectivity index is 0.00000243. The highest BCUT2D eigenvalue weighted by Gasteiger charge is 2.33. The van der Waals surface area contributed by atoms with E-state index in [1.54, 1.807) is 24.6 Å². The van der Waals surface area contributed by atoms with Crippen molar-refractivity contribution in [3.05, 3.63) is 36.2 Å². The van der Waals surface area contributed by atoms with Crippen LogP contribution in [0, 0.1) is 0 Å². The van der Waals surface area contributed by atoms with Crippen molar-refractivity contribution in [1.82, 2.24) is 14.5 Å². The van der Waals surface area contributed by atoms with Crippen molar-refractivity contribution in [3.8, 4) is 17.1 Å². The Labute approximate surface area is 149 Å². The maximum absolute atomic E-state index is 12.8. The monoisotopic (exact) mass is 387 g/mol. The first-order valence-electron chi connectivity index (χ1n) is 7.33. The lowest BCUT2D eigenvalue weighted by molar-refractivity contribution is -0.141. The smallest absolute Gasteiger partial charge is 0.433 e. The molecular formula is C16H16F3N3O3S. The van der Waals surface area contributed by atoms with Gasteiger partial charge in [-0.2, -0.15) is 13.2 Å². The first-order chi connectivity index (χ1) is 11.7. The topological polar surface area (TPSA) is 99.5 Å². The van der Waals surface area contributed by atoms with Crippen molar-refractivity contribution >= 4 is 21.8 Å². The number of phenols is 1. The van der Waals surface area contributed by atoms with E-state index in [4.69, 9.17) is 0 Å². The molecule has 10 heteroatoms.